The molecule has 2 aliphatic rings. The van der Waals surface area contributed by atoms with E-state index in [2.05, 4.69) is 0 Å². The van der Waals surface area contributed by atoms with E-state index in [9.17, 15) is 17.6 Å². The number of nitrogens with zero attached hydrogens (tertiary/aromatic N) is 1. The molecule has 25 heavy (non-hydrogen) atoms. The average Bonchev–Trinajstić information content (AvgIpc) is 2.95. The SMILES string of the molecule is O=C(CCC1CCCCC1)N(c1ccc(F)cc1)C1C=CS(=O)(=O)C1. The second kappa shape index (κ2) is 7.68. The normalized spacial score (nSPS) is 22.8. The number of carbonyl (C=O) groups excluding carboxylic acids is 1. The van der Waals surface area contributed by atoms with Crippen LogP contribution >= 0.6 is 0 Å². The highest BCUT2D eigenvalue weighted by molar-refractivity contribution is 7.94. The summed E-state index contributed by atoms with van der Waals surface area (Å²) in [6.45, 7) is 0. The second-order valence-corrected chi connectivity index (χ2v) is 8.94. The highest BCUT2D eigenvalue weighted by Crippen LogP contribution is 2.29. The monoisotopic (exact) mass is 365 g/mol. The molecule has 0 aromatic heterocycles. The summed E-state index contributed by atoms with van der Waals surface area (Å²) in [6.07, 6.45) is 8.84. The van der Waals surface area contributed by atoms with E-state index in [1.807, 2.05) is 0 Å². The fraction of sp³-hybridized carbons (Fsp3) is 0.526. The number of anilines is 1. The van der Waals surface area contributed by atoms with E-state index in [1.54, 1.807) is 6.08 Å². The molecule has 1 fully saturated rings. The van der Waals surface area contributed by atoms with Gasteiger partial charge in [-0.3, -0.25) is 4.79 Å². The number of halogens is 1. The first-order valence-corrected chi connectivity index (χ1v) is 10.6. The Labute approximate surface area is 148 Å². The van der Waals surface area contributed by atoms with E-state index in [4.69, 9.17) is 0 Å². The summed E-state index contributed by atoms with van der Waals surface area (Å²) in [7, 11) is -3.27. The number of rotatable bonds is 5. The maximum absolute atomic E-state index is 13.2. The third-order valence-corrected chi connectivity index (χ3v) is 6.49. The van der Waals surface area contributed by atoms with Crippen LogP contribution in [0.2, 0.25) is 0 Å². The molecular weight excluding hydrogens is 341 g/mol. The van der Waals surface area contributed by atoms with E-state index in [1.165, 1.54) is 66.7 Å². The fourth-order valence-electron chi connectivity index (χ4n) is 3.77. The highest BCUT2D eigenvalue weighted by atomic mass is 32.2. The van der Waals surface area contributed by atoms with Crippen LogP contribution in [0.15, 0.2) is 35.7 Å². The average molecular weight is 365 g/mol. The first-order valence-electron chi connectivity index (χ1n) is 8.93. The molecule has 136 valence electrons. The third-order valence-electron chi connectivity index (χ3n) is 5.11. The number of sulfone groups is 1. The molecule has 4 nitrogen and oxygen atoms in total. The summed E-state index contributed by atoms with van der Waals surface area (Å²) in [5, 5.41) is 1.17. The second-order valence-electron chi connectivity index (χ2n) is 7.01. The van der Waals surface area contributed by atoms with E-state index < -0.39 is 15.9 Å². The Morgan fingerprint density at radius 2 is 1.80 bits per heavy atom. The van der Waals surface area contributed by atoms with Crippen molar-refractivity contribution in [2.24, 2.45) is 5.92 Å². The Kier molecular flexibility index (Phi) is 5.57. The molecule has 1 heterocycles. The number of carbonyl (C=O) groups is 1. The van der Waals surface area contributed by atoms with Crippen LogP contribution < -0.4 is 4.90 Å². The van der Waals surface area contributed by atoms with Gasteiger partial charge in [0.25, 0.3) is 0 Å². The summed E-state index contributed by atoms with van der Waals surface area (Å²) < 4.78 is 36.8. The first-order chi connectivity index (χ1) is 11.9. The van der Waals surface area contributed by atoms with Gasteiger partial charge in [-0.15, -0.1) is 0 Å². The van der Waals surface area contributed by atoms with Crippen molar-refractivity contribution in [2.75, 3.05) is 10.7 Å². The Balaban J connectivity index is 1.74. The number of amides is 1. The van der Waals surface area contributed by atoms with Gasteiger partial charge in [-0.2, -0.15) is 0 Å². The van der Waals surface area contributed by atoms with Crippen LogP contribution in [0, 0.1) is 11.7 Å². The molecule has 0 bridgehead atoms. The lowest BCUT2D eigenvalue weighted by Crippen LogP contribution is -2.41. The van der Waals surface area contributed by atoms with Gasteiger partial charge in [-0.05, 0) is 42.7 Å². The van der Waals surface area contributed by atoms with Gasteiger partial charge in [0.2, 0.25) is 5.91 Å². The molecular formula is C19H24FNO3S. The lowest BCUT2D eigenvalue weighted by atomic mass is 9.86. The van der Waals surface area contributed by atoms with Gasteiger partial charge in [0.05, 0.1) is 11.8 Å². The Morgan fingerprint density at radius 3 is 2.40 bits per heavy atom. The topological polar surface area (TPSA) is 54.5 Å². The minimum atomic E-state index is -3.27. The van der Waals surface area contributed by atoms with E-state index in [0.717, 1.165) is 6.42 Å². The highest BCUT2D eigenvalue weighted by Gasteiger charge is 2.31. The van der Waals surface area contributed by atoms with Crippen LogP contribution in [0.5, 0.6) is 0 Å². The quantitative estimate of drug-likeness (QED) is 0.797. The van der Waals surface area contributed by atoms with Gasteiger partial charge in [0.1, 0.15) is 5.82 Å². The van der Waals surface area contributed by atoms with Crippen molar-refractivity contribution in [3.63, 3.8) is 0 Å². The van der Waals surface area contributed by atoms with Gasteiger partial charge >= 0.3 is 0 Å². The van der Waals surface area contributed by atoms with Crippen LogP contribution in [-0.2, 0) is 14.6 Å². The molecule has 3 rings (SSSR count). The fourth-order valence-corrected chi connectivity index (χ4v) is 5.03. The zero-order chi connectivity index (χ0) is 17.9. The smallest absolute Gasteiger partial charge is 0.227 e. The van der Waals surface area contributed by atoms with Crippen molar-refractivity contribution in [3.05, 3.63) is 41.6 Å². The van der Waals surface area contributed by atoms with Crippen LogP contribution in [-0.4, -0.2) is 26.1 Å². The summed E-state index contributed by atoms with van der Waals surface area (Å²) in [5.41, 5.74) is 0.543. The summed E-state index contributed by atoms with van der Waals surface area (Å²) in [6, 6.07) is 5.14. The standard InChI is InChI=1S/C19H24FNO3S/c20-16-7-9-17(10-8-16)21(18-12-13-25(23,24)14-18)19(22)11-6-15-4-2-1-3-5-15/h7-10,12-13,15,18H,1-6,11,14H2. The molecule has 6 heteroatoms. The van der Waals surface area contributed by atoms with E-state index in [0.29, 0.717) is 18.0 Å². The van der Waals surface area contributed by atoms with Crippen molar-refractivity contribution >= 4 is 21.4 Å². The molecule has 1 aromatic carbocycles. The Hall–Kier alpha value is -1.69. The van der Waals surface area contributed by atoms with Gasteiger partial charge in [-0.1, -0.05) is 32.1 Å². The predicted octanol–water partition coefficient (Wildman–Crippen LogP) is 3.83. The molecule has 0 N–H and O–H groups in total. The molecule has 1 amide bonds. The van der Waals surface area contributed by atoms with Crippen molar-refractivity contribution < 1.29 is 17.6 Å². The van der Waals surface area contributed by atoms with Crippen LogP contribution in [0.25, 0.3) is 0 Å². The molecule has 1 aliphatic heterocycles. The molecule has 1 aliphatic carbocycles. The van der Waals surface area contributed by atoms with Crippen molar-refractivity contribution in [1.29, 1.82) is 0 Å². The van der Waals surface area contributed by atoms with Gasteiger partial charge in [-0.25, -0.2) is 12.8 Å². The first kappa shape index (κ1) is 18.1. The van der Waals surface area contributed by atoms with Crippen molar-refractivity contribution in [1.82, 2.24) is 0 Å². The van der Waals surface area contributed by atoms with Crippen LogP contribution in [0.3, 0.4) is 0 Å². The number of hydrogen-bond acceptors (Lipinski definition) is 3. The summed E-state index contributed by atoms with van der Waals surface area (Å²) in [5.74, 6) is -0.00740. The maximum Gasteiger partial charge on any atom is 0.227 e. The van der Waals surface area contributed by atoms with E-state index >= 15 is 0 Å². The minimum Gasteiger partial charge on any atom is -0.304 e. The number of hydrogen-bond donors (Lipinski definition) is 0. The molecule has 0 spiro atoms. The minimum absolute atomic E-state index is 0.0936. The number of benzene rings is 1. The van der Waals surface area contributed by atoms with Crippen LogP contribution in [0.4, 0.5) is 10.1 Å². The lowest BCUT2D eigenvalue weighted by Gasteiger charge is -2.29. The van der Waals surface area contributed by atoms with E-state index in [-0.39, 0.29) is 17.5 Å². The molecule has 1 unspecified atom stereocenters. The molecule has 1 aromatic rings. The van der Waals surface area contributed by atoms with Crippen molar-refractivity contribution in [3.8, 4) is 0 Å². The Bertz CT molecular complexity index is 736. The van der Waals surface area contributed by atoms with Crippen LogP contribution in [0.1, 0.15) is 44.9 Å². The van der Waals surface area contributed by atoms with Crippen molar-refractivity contribution in [2.45, 2.75) is 51.0 Å². The van der Waals surface area contributed by atoms with Gasteiger partial charge < -0.3 is 4.90 Å². The zero-order valence-electron chi connectivity index (χ0n) is 14.2. The summed E-state index contributed by atoms with van der Waals surface area (Å²) in [4.78, 5) is 14.4. The molecule has 1 saturated carbocycles. The van der Waals surface area contributed by atoms with Gasteiger partial charge in [0, 0.05) is 17.5 Å². The van der Waals surface area contributed by atoms with Gasteiger partial charge in [0.15, 0.2) is 9.84 Å². The predicted molar refractivity (Wildman–Crippen MR) is 96.4 cm³/mol. The Morgan fingerprint density at radius 1 is 1.12 bits per heavy atom. The molecule has 1 atom stereocenters. The summed E-state index contributed by atoms with van der Waals surface area (Å²) >= 11 is 0. The maximum atomic E-state index is 13.2. The third kappa shape index (κ3) is 4.69. The zero-order valence-corrected chi connectivity index (χ0v) is 15.1. The lowest BCUT2D eigenvalue weighted by molar-refractivity contribution is -0.119. The molecule has 0 saturated heterocycles. The largest absolute Gasteiger partial charge is 0.304 e. The molecule has 0 radical (unpaired) electrons.